The summed E-state index contributed by atoms with van der Waals surface area (Å²) in [6.07, 6.45) is 0. The molecule has 0 aliphatic heterocycles. The highest BCUT2D eigenvalue weighted by Gasteiger charge is 2.07. The summed E-state index contributed by atoms with van der Waals surface area (Å²) in [4.78, 5) is 5.00. The number of benzene rings is 1. The van der Waals surface area contributed by atoms with E-state index in [9.17, 15) is 4.39 Å². The Kier molecular flexibility index (Phi) is 3.82. The first-order valence-electron chi connectivity index (χ1n) is 4.63. The van der Waals surface area contributed by atoms with Crippen LogP contribution >= 0.6 is 0 Å². The molecule has 0 aliphatic carbocycles. The van der Waals surface area contributed by atoms with Crippen LogP contribution < -0.4 is 11.5 Å². The third-order valence-electron chi connectivity index (χ3n) is 1.96. The Morgan fingerprint density at radius 2 is 2.06 bits per heavy atom. The molecule has 86 valence electrons. The number of rotatable bonds is 2. The lowest BCUT2D eigenvalue weighted by Crippen LogP contribution is -2.30. The average molecular weight is 223 g/mol. The Morgan fingerprint density at radius 3 is 2.62 bits per heavy atom. The van der Waals surface area contributed by atoms with Gasteiger partial charge in [-0.15, -0.1) is 0 Å². The van der Waals surface area contributed by atoms with E-state index >= 15 is 0 Å². The van der Waals surface area contributed by atoms with Gasteiger partial charge >= 0.3 is 0 Å². The standard InChI is InChI=1S/C10H14FN5/c1-16(10(14)15-9(12)13)6-7-4-2-3-5-8(7)11/h2-5H,6H2,1H3,(H5,12,13,14,15). The van der Waals surface area contributed by atoms with Crippen molar-refractivity contribution in [3.05, 3.63) is 35.6 Å². The molecule has 5 nitrogen and oxygen atoms in total. The number of hydrogen-bond acceptors (Lipinski definition) is 1. The van der Waals surface area contributed by atoms with Crippen LogP contribution in [0.15, 0.2) is 29.3 Å². The van der Waals surface area contributed by atoms with Gasteiger partial charge in [0.15, 0.2) is 5.96 Å². The summed E-state index contributed by atoms with van der Waals surface area (Å²) in [5, 5.41) is 7.50. The molecular weight excluding hydrogens is 209 g/mol. The summed E-state index contributed by atoms with van der Waals surface area (Å²) in [5.41, 5.74) is 10.8. The van der Waals surface area contributed by atoms with Crippen molar-refractivity contribution in [1.82, 2.24) is 4.90 Å². The second-order valence-corrected chi connectivity index (χ2v) is 3.31. The minimum atomic E-state index is -0.313. The van der Waals surface area contributed by atoms with Gasteiger partial charge in [0.2, 0.25) is 5.96 Å². The van der Waals surface area contributed by atoms with Gasteiger partial charge < -0.3 is 16.4 Å². The highest BCUT2D eigenvalue weighted by atomic mass is 19.1. The smallest absolute Gasteiger partial charge is 0.221 e. The van der Waals surface area contributed by atoms with E-state index in [1.165, 1.54) is 11.0 Å². The zero-order chi connectivity index (χ0) is 12.1. The van der Waals surface area contributed by atoms with E-state index in [4.69, 9.17) is 16.9 Å². The largest absolute Gasteiger partial charge is 0.370 e. The minimum Gasteiger partial charge on any atom is -0.370 e. The van der Waals surface area contributed by atoms with Gasteiger partial charge in [0.1, 0.15) is 5.82 Å². The maximum atomic E-state index is 13.3. The van der Waals surface area contributed by atoms with E-state index in [0.717, 1.165) is 0 Å². The topological polar surface area (TPSA) is 91.5 Å². The number of nitrogens with one attached hydrogen (secondary N) is 1. The lowest BCUT2D eigenvalue weighted by atomic mass is 10.2. The highest BCUT2D eigenvalue weighted by molar-refractivity contribution is 5.91. The predicted molar refractivity (Wildman–Crippen MR) is 61.4 cm³/mol. The molecule has 16 heavy (non-hydrogen) atoms. The van der Waals surface area contributed by atoms with Crippen molar-refractivity contribution in [3.63, 3.8) is 0 Å². The molecule has 0 saturated carbocycles. The number of hydrogen-bond donors (Lipinski definition) is 3. The lowest BCUT2D eigenvalue weighted by molar-refractivity contribution is 0.472. The first kappa shape index (κ1) is 12.0. The maximum Gasteiger partial charge on any atom is 0.221 e. The van der Waals surface area contributed by atoms with Crippen LogP contribution in [-0.4, -0.2) is 23.9 Å². The van der Waals surface area contributed by atoms with Crippen LogP contribution in [0.25, 0.3) is 0 Å². The molecule has 0 heterocycles. The summed E-state index contributed by atoms with van der Waals surface area (Å²) >= 11 is 0. The number of halogens is 1. The molecule has 0 unspecified atom stereocenters. The van der Waals surface area contributed by atoms with Crippen LogP contribution in [0.5, 0.6) is 0 Å². The Labute approximate surface area is 93.1 Å². The van der Waals surface area contributed by atoms with Crippen molar-refractivity contribution in [2.75, 3.05) is 7.05 Å². The van der Waals surface area contributed by atoms with Gasteiger partial charge in [-0.2, -0.15) is 4.99 Å². The number of nitrogens with two attached hydrogens (primary N) is 2. The molecule has 0 fully saturated rings. The first-order chi connectivity index (χ1) is 7.50. The lowest BCUT2D eigenvalue weighted by Gasteiger charge is -2.17. The van der Waals surface area contributed by atoms with Crippen molar-refractivity contribution >= 4 is 11.9 Å². The van der Waals surface area contributed by atoms with Crippen LogP contribution in [0.2, 0.25) is 0 Å². The molecule has 0 amide bonds. The molecule has 1 aromatic carbocycles. The Balaban J connectivity index is 2.72. The van der Waals surface area contributed by atoms with Crippen molar-refractivity contribution in [3.8, 4) is 0 Å². The zero-order valence-corrected chi connectivity index (χ0v) is 8.94. The Morgan fingerprint density at radius 1 is 1.44 bits per heavy atom. The van der Waals surface area contributed by atoms with E-state index in [0.29, 0.717) is 5.56 Å². The molecule has 1 aromatic rings. The van der Waals surface area contributed by atoms with Crippen LogP contribution in [-0.2, 0) is 6.54 Å². The summed E-state index contributed by atoms with van der Waals surface area (Å²) in [7, 11) is 1.61. The van der Waals surface area contributed by atoms with E-state index in [-0.39, 0.29) is 24.3 Å². The Bertz CT molecular complexity index is 411. The van der Waals surface area contributed by atoms with Gasteiger partial charge in [0, 0.05) is 19.2 Å². The molecule has 0 spiro atoms. The van der Waals surface area contributed by atoms with E-state index in [1.807, 2.05) is 0 Å². The van der Waals surface area contributed by atoms with Crippen molar-refractivity contribution in [2.45, 2.75) is 6.54 Å². The number of guanidine groups is 2. The number of aliphatic imine (C=N–C) groups is 1. The maximum absolute atomic E-state index is 13.3. The van der Waals surface area contributed by atoms with Gasteiger partial charge in [-0.1, -0.05) is 18.2 Å². The second kappa shape index (κ2) is 5.11. The second-order valence-electron chi connectivity index (χ2n) is 3.31. The molecule has 0 aliphatic rings. The Hall–Kier alpha value is -2.11. The van der Waals surface area contributed by atoms with Gasteiger partial charge in [-0.3, -0.25) is 5.41 Å². The molecule has 1 rings (SSSR count). The fraction of sp³-hybridized carbons (Fsp3) is 0.200. The molecule has 5 N–H and O–H groups in total. The van der Waals surface area contributed by atoms with Crippen LogP contribution in [0.4, 0.5) is 4.39 Å². The summed E-state index contributed by atoms with van der Waals surface area (Å²) < 4.78 is 13.3. The summed E-state index contributed by atoms with van der Waals surface area (Å²) in [6.45, 7) is 0.238. The molecular formula is C10H14FN5. The number of nitrogens with zero attached hydrogens (tertiary/aromatic N) is 2. The van der Waals surface area contributed by atoms with Crippen molar-refractivity contribution in [1.29, 1.82) is 5.41 Å². The minimum absolute atomic E-state index is 0.108. The van der Waals surface area contributed by atoms with E-state index in [1.54, 1.807) is 25.2 Å². The van der Waals surface area contributed by atoms with Crippen molar-refractivity contribution in [2.24, 2.45) is 16.5 Å². The molecule has 0 saturated heterocycles. The van der Waals surface area contributed by atoms with Crippen LogP contribution in [0, 0.1) is 11.2 Å². The van der Waals surface area contributed by atoms with Gasteiger partial charge in [0.05, 0.1) is 0 Å². The molecule has 0 bridgehead atoms. The fourth-order valence-corrected chi connectivity index (χ4v) is 1.16. The van der Waals surface area contributed by atoms with E-state index in [2.05, 4.69) is 4.99 Å². The highest BCUT2D eigenvalue weighted by Crippen LogP contribution is 2.08. The molecule has 0 atom stereocenters. The van der Waals surface area contributed by atoms with Crippen LogP contribution in [0.3, 0.4) is 0 Å². The van der Waals surface area contributed by atoms with Crippen LogP contribution in [0.1, 0.15) is 5.56 Å². The quantitative estimate of drug-likeness (QED) is 0.502. The summed E-state index contributed by atoms with van der Waals surface area (Å²) in [6, 6.07) is 6.36. The van der Waals surface area contributed by atoms with Gasteiger partial charge in [-0.05, 0) is 6.07 Å². The van der Waals surface area contributed by atoms with Gasteiger partial charge in [0.25, 0.3) is 0 Å². The molecule has 0 radical (unpaired) electrons. The van der Waals surface area contributed by atoms with E-state index < -0.39 is 0 Å². The van der Waals surface area contributed by atoms with Crippen molar-refractivity contribution < 1.29 is 4.39 Å². The SMILES string of the molecule is CN(Cc1ccccc1F)C(=N)N=C(N)N. The molecule has 6 heteroatoms. The summed E-state index contributed by atoms with van der Waals surface area (Å²) in [5.74, 6) is -0.611. The fourth-order valence-electron chi connectivity index (χ4n) is 1.16. The third kappa shape index (κ3) is 3.23. The molecule has 0 aromatic heterocycles. The zero-order valence-electron chi connectivity index (χ0n) is 8.94. The average Bonchev–Trinajstić information content (AvgIpc) is 2.20. The monoisotopic (exact) mass is 223 g/mol. The van der Waals surface area contributed by atoms with Gasteiger partial charge in [-0.25, -0.2) is 4.39 Å². The third-order valence-corrected chi connectivity index (χ3v) is 1.96. The predicted octanol–water partition coefficient (Wildman–Crippen LogP) is 0.466. The normalized spacial score (nSPS) is 9.62. The first-order valence-corrected chi connectivity index (χ1v) is 4.63.